The van der Waals surface area contributed by atoms with Crippen LogP contribution in [0.1, 0.15) is 52.0 Å². The molecule has 0 fully saturated rings. The number of carbonyl (C=O) groups excluding carboxylic acids is 1. The molecule has 1 unspecified atom stereocenters. The largest absolute Gasteiger partial charge is 0.466 e. The van der Waals surface area contributed by atoms with Gasteiger partial charge in [-0.05, 0) is 31.2 Å². The van der Waals surface area contributed by atoms with Crippen molar-refractivity contribution in [3.8, 4) is 0 Å². The van der Waals surface area contributed by atoms with E-state index >= 15 is 0 Å². The van der Waals surface area contributed by atoms with Crippen LogP contribution in [0.5, 0.6) is 0 Å². The molecule has 1 atom stereocenters. The molecule has 0 bridgehead atoms. The van der Waals surface area contributed by atoms with Crippen LogP contribution in [-0.4, -0.2) is 30.8 Å². The lowest BCUT2D eigenvalue weighted by molar-refractivity contribution is -0.135. The monoisotopic (exact) mass is 426 g/mol. The molecule has 0 aliphatic heterocycles. The number of rotatable bonds is 12. The highest BCUT2D eigenvalue weighted by Gasteiger charge is 2.22. The number of nitrogens with zero attached hydrogens (tertiary/aromatic N) is 1. The smallest absolute Gasteiger partial charge is 0.363 e. The molecular weight excluding hydrogens is 395 g/mol. The van der Waals surface area contributed by atoms with E-state index in [9.17, 15) is 9.36 Å². The summed E-state index contributed by atoms with van der Waals surface area (Å²) in [4.78, 5) is 12.4. The standard InChI is InChI=1S/C20H31N2O4PS/c1-5-7-8-9-14-28-18-12-10-17(11-13-18)20(21)22-27(24,6-2)26-16(3)15-19(23)25-4/h10-13,15H,5-9,14H2,1-4H3,(H2,21,22,24). The minimum Gasteiger partial charge on any atom is -0.466 e. The third-order valence-corrected chi connectivity index (χ3v) is 6.88. The summed E-state index contributed by atoms with van der Waals surface area (Å²) in [5.41, 5.74) is 6.73. The maximum absolute atomic E-state index is 12.9. The van der Waals surface area contributed by atoms with Crippen LogP contribution in [0, 0.1) is 0 Å². The van der Waals surface area contributed by atoms with E-state index in [2.05, 4.69) is 16.4 Å². The molecule has 0 amide bonds. The Morgan fingerprint density at radius 3 is 2.46 bits per heavy atom. The first-order valence-electron chi connectivity index (χ1n) is 9.47. The molecule has 156 valence electrons. The molecule has 0 saturated heterocycles. The van der Waals surface area contributed by atoms with Gasteiger partial charge in [-0.25, -0.2) is 4.79 Å². The van der Waals surface area contributed by atoms with Crippen LogP contribution in [0.15, 0.2) is 45.8 Å². The van der Waals surface area contributed by atoms with Crippen molar-refractivity contribution in [3.05, 3.63) is 41.7 Å². The average Bonchev–Trinajstić information content (AvgIpc) is 2.67. The van der Waals surface area contributed by atoms with Gasteiger partial charge in [-0.1, -0.05) is 45.2 Å². The molecular formula is C20H31N2O4PS. The number of hydrogen-bond acceptors (Lipinski definition) is 5. The quantitative estimate of drug-likeness (QED) is 0.0706. The number of unbranched alkanes of at least 4 members (excludes halogenated alkanes) is 3. The minimum absolute atomic E-state index is 0.149. The Labute approximate surface area is 172 Å². The van der Waals surface area contributed by atoms with Gasteiger partial charge in [0, 0.05) is 10.5 Å². The van der Waals surface area contributed by atoms with E-state index < -0.39 is 13.5 Å². The Kier molecular flexibility index (Phi) is 11.0. The fourth-order valence-corrected chi connectivity index (χ4v) is 4.47. The highest BCUT2D eigenvalue weighted by Crippen LogP contribution is 2.50. The molecule has 0 aliphatic rings. The van der Waals surface area contributed by atoms with Crippen molar-refractivity contribution in [1.82, 2.24) is 0 Å². The van der Waals surface area contributed by atoms with Crippen LogP contribution in [0.25, 0.3) is 0 Å². The Bertz CT molecular complexity index is 732. The number of esters is 1. The lowest BCUT2D eigenvalue weighted by atomic mass is 10.2. The molecule has 0 aromatic heterocycles. The highest BCUT2D eigenvalue weighted by molar-refractivity contribution is 7.99. The van der Waals surface area contributed by atoms with Crippen LogP contribution < -0.4 is 5.73 Å². The summed E-state index contributed by atoms with van der Waals surface area (Å²) < 4.78 is 26.9. The van der Waals surface area contributed by atoms with Gasteiger partial charge in [0.05, 0.1) is 19.3 Å². The number of amidine groups is 1. The molecule has 0 saturated carbocycles. The maximum atomic E-state index is 12.9. The van der Waals surface area contributed by atoms with Crippen LogP contribution in [-0.2, 0) is 18.6 Å². The lowest BCUT2D eigenvalue weighted by Crippen LogP contribution is -2.13. The number of methoxy groups -OCH3 is 1. The van der Waals surface area contributed by atoms with Crippen molar-refractivity contribution in [1.29, 1.82) is 0 Å². The van der Waals surface area contributed by atoms with Gasteiger partial charge in [-0.15, -0.1) is 11.8 Å². The number of nitrogens with two attached hydrogens (primary N) is 1. The fraction of sp³-hybridized carbons (Fsp3) is 0.500. The predicted molar refractivity (Wildman–Crippen MR) is 117 cm³/mol. The summed E-state index contributed by atoms with van der Waals surface area (Å²) in [5, 5.41) is 0. The number of allylic oxidation sites excluding steroid dienone is 1. The second kappa shape index (κ2) is 12.7. The topological polar surface area (TPSA) is 91.0 Å². The van der Waals surface area contributed by atoms with E-state index in [0.717, 1.165) is 11.8 Å². The van der Waals surface area contributed by atoms with Crippen LogP contribution in [0.2, 0.25) is 0 Å². The molecule has 1 rings (SSSR count). The van der Waals surface area contributed by atoms with Crippen LogP contribution in [0.3, 0.4) is 0 Å². The number of benzene rings is 1. The van der Waals surface area contributed by atoms with Gasteiger partial charge in [0.15, 0.2) is 0 Å². The van der Waals surface area contributed by atoms with Crippen molar-refractivity contribution in [2.75, 3.05) is 19.0 Å². The first kappa shape index (κ1) is 24.3. The summed E-state index contributed by atoms with van der Waals surface area (Å²) >= 11 is 1.81. The summed E-state index contributed by atoms with van der Waals surface area (Å²) in [6.45, 7) is 5.43. The van der Waals surface area contributed by atoms with Gasteiger partial charge in [-0.2, -0.15) is 4.76 Å². The van der Waals surface area contributed by atoms with Gasteiger partial charge < -0.3 is 15.0 Å². The van der Waals surface area contributed by atoms with Crippen molar-refractivity contribution < 1.29 is 18.6 Å². The van der Waals surface area contributed by atoms with Crippen molar-refractivity contribution >= 4 is 31.1 Å². The SMILES string of the molecule is CCCCCCSc1ccc(C(N)=NP(=O)(CC)OC(C)=CC(=O)OC)cc1. The molecule has 1 aromatic rings. The molecule has 0 radical (unpaired) electrons. The summed E-state index contributed by atoms with van der Waals surface area (Å²) in [6.07, 6.45) is 6.27. The second-order valence-corrected chi connectivity index (χ2v) is 9.70. The number of ether oxygens (including phenoxy) is 1. The van der Waals surface area contributed by atoms with Crippen molar-refractivity contribution in [3.63, 3.8) is 0 Å². The third-order valence-electron chi connectivity index (χ3n) is 3.89. The zero-order chi connectivity index (χ0) is 21.0. The summed E-state index contributed by atoms with van der Waals surface area (Å²) in [7, 11) is -2.14. The van der Waals surface area contributed by atoms with E-state index in [1.165, 1.54) is 44.6 Å². The second-order valence-electron chi connectivity index (χ2n) is 6.24. The maximum Gasteiger partial charge on any atom is 0.363 e. The van der Waals surface area contributed by atoms with Crippen LogP contribution in [0.4, 0.5) is 0 Å². The van der Waals surface area contributed by atoms with Gasteiger partial charge >= 0.3 is 13.5 Å². The van der Waals surface area contributed by atoms with E-state index in [-0.39, 0.29) is 17.8 Å². The molecule has 1 aromatic carbocycles. The number of hydrogen-bond donors (Lipinski definition) is 1. The first-order valence-corrected chi connectivity index (χ1v) is 12.2. The van der Waals surface area contributed by atoms with E-state index in [1.54, 1.807) is 6.92 Å². The summed E-state index contributed by atoms with van der Waals surface area (Å²) in [5.74, 6) is 0.826. The average molecular weight is 427 g/mol. The van der Waals surface area contributed by atoms with E-state index in [1.807, 2.05) is 36.0 Å². The highest BCUT2D eigenvalue weighted by atomic mass is 32.2. The zero-order valence-corrected chi connectivity index (χ0v) is 18.9. The number of carbonyl (C=O) groups is 1. The molecule has 6 nitrogen and oxygen atoms in total. The molecule has 8 heteroatoms. The van der Waals surface area contributed by atoms with Crippen molar-refractivity contribution in [2.24, 2.45) is 10.5 Å². The normalized spacial score (nSPS) is 14.4. The van der Waals surface area contributed by atoms with E-state index in [0.29, 0.717) is 5.56 Å². The fourth-order valence-electron chi connectivity index (χ4n) is 2.29. The van der Waals surface area contributed by atoms with Gasteiger partial charge in [0.2, 0.25) is 0 Å². The first-order chi connectivity index (χ1) is 13.3. The van der Waals surface area contributed by atoms with Gasteiger partial charge in [0.25, 0.3) is 0 Å². The molecule has 0 heterocycles. The van der Waals surface area contributed by atoms with Crippen molar-refractivity contribution in [2.45, 2.75) is 51.3 Å². The Morgan fingerprint density at radius 1 is 1.21 bits per heavy atom. The Hall–Kier alpha value is -1.72. The predicted octanol–water partition coefficient (Wildman–Crippen LogP) is 5.37. The Balaban J connectivity index is 2.77. The molecule has 0 spiro atoms. The third kappa shape index (κ3) is 8.98. The van der Waals surface area contributed by atoms with Gasteiger partial charge in [0.1, 0.15) is 11.6 Å². The van der Waals surface area contributed by atoms with Gasteiger partial charge in [-0.3, -0.25) is 4.57 Å². The van der Waals surface area contributed by atoms with Crippen LogP contribution >= 0.6 is 19.3 Å². The summed E-state index contributed by atoms with van der Waals surface area (Å²) in [6, 6.07) is 7.71. The molecule has 28 heavy (non-hydrogen) atoms. The zero-order valence-electron chi connectivity index (χ0n) is 17.1. The van der Waals surface area contributed by atoms with E-state index in [4.69, 9.17) is 10.3 Å². The lowest BCUT2D eigenvalue weighted by Gasteiger charge is -2.15. The Morgan fingerprint density at radius 2 is 1.89 bits per heavy atom. The minimum atomic E-state index is -3.40. The number of thioether (sulfide) groups is 1. The molecule has 2 N–H and O–H groups in total. The molecule has 0 aliphatic carbocycles.